The van der Waals surface area contributed by atoms with Crippen LogP contribution in [-0.2, 0) is 6.54 Å². The highest BCUT2D eigenvalue weighted by atomic mass is 32.2. The second-order valence-corrected chi connectivity index (χ2v) is 8.57. The second kappa shape index (κ2) is 9.30. The smallest absolute Gasteiger partial charge is 0.446 e. The molecule has 0 radical (unpaired) electrons. The number of nitrogens with zero attached hydrogens (tertiary/aromatic N) is 3. The first kappa shape index (κ1) is 23.5. The first-order valence-electron chi connectivity index (χ1n) is 10.1. The molecule has 4 aromatic rings. The Balaban J connectivity index is 1.63. The molecule has 0 spiro atoms. The van der Waals surface area contributed by atoms with Crippen LogP contribution in [-0.4, -0.2) is 31.8 Å². The van der Waals surface area contributed by atoms with Gasteiger partial charge in [0.15, 0.2) is 0 Å². The zero-order valence-electron chi connectivity index (χ0n) is 18.2. The van der Waals surface area contributed by atoms with E-state index in [9.17, 15) is 23.1 Å². The highest BCUT2D eigenvalue weighted by Crippen LogP contribution is 2.37. The van der Waals surface area contributed by atoms with E-state index in [4.69, 9.17) is 4.74 Å². The molecule has 0 aliphatic carbocycles. The maximum absolute atomic E-state index is 13.1. The maximum Gasteiger partial charge on any atom is 0.446 e. The molecule has 0 fully saturated rings. The van der Waals surface area contributed by atoms with Crippen LogP contribution in [0.1, 0.15) is 11.3 Å². The zero-order valence-corrected chi connectivity index (χ0v) is 19.0. The van der Waals surface area contributed by atoms with Crippen molar-refractivity contribution in [2.75, 3.05) is 7.11 Å². The van der Waals surface area contributed by atoms with Crippen LogP contribution in [0.25, 0.3) is 16.9 Å². The van der Waals surface area contributed by atoms with E-state index >= 15 is 0 Å². The minimum absolute atomic E-state index is 0.0113. The molecule has 0 unspecified atom stereocenters. The SMILES string of the molecule is COc1ccc(-c2cc(Cn3c(C)c(O)n(-c4ccc(SC(F)(F)F)cc4)c3=O)ccn2)cc1. The van der Waals surface area contributed by atoms with E-state index in [-0.39, 0.29) is 34.8 Å². The van der Waals surface area contributed by atoms with Crippen molar-refractivity contribution in [3.8, 4) is 28.6 Å². The molecule has 0 aliphatic rings. The van der Waals surface area contributed by atoms with Crippen molar-refractivity contribution in [3.63, 3.8) is 0 Å². The van der Waals surface area contributed by atoms with Crippen LogP contribution >= 0.6 is 11.8 Å². The van der Waals surface area contributed by atoms with Crippen LogP contribution in [0.4, 0.5) is 13.2 Å². The summed E-state index contributed by atoms with van der Waals surface area (Å²) in [6.45, 7) is 1.78. The van der Waals surface area contributed by atoms with Gasteiger partial charge < -0.3 is 9.84 Å². The number of pyridine rings is 1. The Morgan fingerprint density at radius 3 is 2.35 bits per heavy atom. The molecule has 2 heterocycles. The summed E-state index contributed by atoms with van der Waals surface area (Å²) in [7, 11) is 1.59. The lowest BCUT2D eigenvalue weighted by Gasteiger charge is -2.08. The number of aromatic nitrogens is 3. The zero-order chi connectivity index (χ0) is 24.5. The van der Waals surface area contributed by atoms with Gasteiger partial charge in [0.25, 0.3) is 0 Å². The first-order valence-corrected chi connectivity index (χ1v) is 10.9. The van der Waals surface area contributed by atoms with Gasteiger partial charge in [-0.25, -0.2) is 9.36 Å². The fourth-order valence-corrected chi connectivity index (χ4v) is 4.07. The molecule has 2 aromatic carbocycles. The van der Waals surface area contributed by atoms with E-state index in [0.717, 1.165) is 21.4 Å². The lowest BCUT2D eigenvalue weighted by Crippen LogP contribution is -2.24. The molecule has 6 nitrogen and oxygen atoms in total. The molecule has 0 aliphatic heterocycles. The highest BCUT2D eigenvalue weighted by Gasteiger charge is 2.29. The number of hydrogen-bond donors (Lipinski definition) is 1. The van der Waals surface area contributed by atoms with Crippen molar-refractivity contribution in [1.82, 2.24) is 14.1 Å². The molecular formula is C24H20F3N3O3S. The van der Waals surface area contributed by atoms with Gasteiger partial charge in [0.05, 0.1) is 30.7 Å². The van der Waals surface area contributed by atoms with E-state index in [2.05, 4.69) is 4.98 Å². The minimum atomic E-state index is -4.41. The van der Waals surface area contributed by atoms with Crippen LogP contribution in [0.5, 0.6) is 11.6 Å². The monoisotopic (exact) mass is 487 g/mol. The Labute approximate surface area is 197 Å². The summed E-state index contributed by atoms with van der Waals surface area (Å²) in [6.07, 6.45) is 1.64. The van der Waals surface area contributed by atoms with Gasteiger partial charge in [-0.15, -0.1) is 0 Å². The summed E-state index contributed by atoms with van der Waals surface area (Å²) in [5.41, 5.74) is -1.92. The molecular weight excluding hydrogens is 467 g/mol. The lowest BCUT2D eigenvalue weighted by atomic mass is 10.1. The van der Waals surface area contributed by atoms with Gasteiger partial charge in [-0.05, 0) is 84.9 Å². The van der Waals surface area contributed by atoms with Crippen molar-refractivity contribution in [2.45, 2.75) is 23.9 Å². The highest BCUT2D eigenvalue weighted by molar-refractivity contribution is 8.00. The van der Waals surface area contributed by atoms with Crippen LogP contribution < -0.4 is 10.4 Å². The molecule has 0 bridgehead atoms. The molecule has 1 N–H and O–H groups in total. The van der Waals surface area contributed by atoms with Crippen molar-refractivity contribution in [2.24, 2.45) is 0 Å². The molecule has 4 rings (SSSR count). The number of methoxy groups -OCH3 is 1. The van der Waals surface area contributed by atoms with Crippen LogP contribution in [0.2, 0.25) is 0 Å². The molecule has 0 saturated carbocycles. The molecule has 0 atom stereocenters. The summed E-state index contributed by atoms with van der Waals surface area (Å²) in [5.74, 6) is 0.453. The summed E-state index contributed by atoms with van der Waals surface area (Å²) < 4.78 is 45.4. The van der Waals surface area contributed by atoms with Crippen LogP contribution in [0.3, 0.4) is 0 Å². The fraction of sp³-hybridized carbons (Fsp3) is 0.167. The van der Waals surface area contributed by atoms with E-state index in [1.165, 1.54) is 28.8 Å². The number of imidazole rings is 1. The minimum Gasteiger partial charge on any atom is -0.497 e. The Morgan fingerprint density at radius 2 is 1.74 bits per heavy atom. The average molecular weight is 488 g/mol. The normalized spacial score (nSPS) is 11.6. The van der Waals surface area contributed by atoms with E-state index in [1.807, 2.05) is 30.3 Å². The topological polar surface area (TPSA) is 69.3 Å². The van der Waals surface area contributed by atoms with Gasteiger partial charge in [-0.3, -0.25) is 9.55 Å². The number of thioether (sulfide) groups is 1. The molecule has 10 heteroatoms. The molecule has 176 valence electrons. The number of hydrogen-bond acceptors (Lipinski definition) is 5. The summed E-state index contributed by atoms with van der Waals surface area (Å²) >= 11 is -0.243. The standard InChI is InChI=1S/C24H20F3N3O3S/c1-15-22(31)30(18-5-9-20(10-6-18)34-24(25,26)27)23(32)29(15)14-16-11-12-28-21(13-16)17-3-7-19(33-2)8-4-17/h3-13,31H,14H2,1-2H3. The first-order chi connectivity index (χ1) is 16.2. The van der Waals surface area contributed by atoms with E-state index < -0.39 is 11.2 Å². The van der Waals surface area contributed by atoms with Gasteiger partial charge in [0.1, 0.15) is 5.75 Å². The predicted octanol–water partition coefficient (Wildman–Crippen LogP) is 5.38. The van der Waals surface area contributed by atoms with Crippen LogP contribution in [0, 0.1) is 6.92 Å². The van der Waals surface area contributed by atoms with Gasteiger partial charge in [-0.1, -0.05) is 0 Å². The number of rotatable bonds is 6. The van der Waals surface area contributed by atoms with Crippen molar-refractivity contribution in [3.05, 3.63) is 88.6 Å². The molecule has 0 amide bonds. The van der Waals surface area contributed by atoms with E-state index in [0.29, 0.717) is 11.4 Å². The Bertz CT molecular complexity index is 1360. The molecule has 2 aromatic heterocycles. The Morgan fingerprint density at radius 1 is 1.06 bits per heavy atom. The summed E-state index contributed by atoms with van der Waals surface area (Å²) in [4.78, 5) is 17.5. The van der Waals surface area contributed by atoms with Gasteiger partial charge in [-0.2, -0.15) is 13.2 Å². The quantitative estimate of drug-likeness (QED) is 0.370. The average Bonchev–Trinajstić information content (AvgIpc) is 3.02. The number of benzene rings is 2. The Kier molecular flexibility index (Phi) is 6.43. The fourth-order valence-electron chi connectivity index (χ4n) is 3.53. The molecule has 0 saturated heterocycles. The third-order valence-electron chi connectivity index (χ3n) is 5.24. The largest absolute Gasteiger partial charge is 0.497 e. The summed E-state index contributed by atoms with van der Waals surface area (Å²) in [5, 5.41) is 10.6. The summed E-state index contributed by atoms with van der Waals surface area (Å²) in [6, 6.07) is 16.3. The third-order valence-corrected chi connectivity index (χ3v) is 5.98. The number of alkyl halides is 3. The Hall–Kier alpha value is -3.66. The lowest BCUT2D eigenvalue weighted by molar-refractivity contribution is -0.0328. The van der Waals surface area contributed by atoms with Gasteiger partial charge >= 0.3 is 11.2 Å². The maximum atomic E-state index is 13.1. The van der Waals surface area contributed by atoms with Gasteiger partial charge in [0, 0.05) is 16.7 Å². The number of halogens is 3. The number of aromatic hydroxyl groups is 1. The van der Waals surface area contributed by atoms with Crippen molar-refractivity contribution in [1.29, 1.82) is 0 Å². The number of ether oxygens (including phenoxy) is 1. The van der Waals surface area contributed by atoms with Crippen molar-refractivity contribution >= 4 is 11.8 Å². The van der Waals surface area contributed by atoms with E-state index in [1.54, 1.807) is 26.3 Å². The molecule has 34 heavy (non-hydrogen) atoms. The second-order valence-electron chi connectivity index (χ2n) is 7.43. The van der Waals surface area contributed by atoms with Gasteiger partial charge in [0.2, 0.25) is 5.88 Å². The van der Waals surface area contributed by atoms with Crippen molar-refractivity contribution < 1.29 is 23.0 Å². The van der Waals surface area contributed by atoms with Crippen LogP contribution in [0.15, 0.2) is 76.6 Å². The third kappa shape index (κ3) is 4.96. The predicted molar refractivity (Wildman–Crippen MR) is 124 cm³/mol.